The van der Waals surface area contributed by atoms with Crippen molar-refractivity contribution in [3.05, 3.63) is 30.1 Å². The number of aromatic nitrogens is 2. The van der Waals surface area contributed by atoms with Crippen LogP contribution in [0.3, 0.4) is 0 Å². The summed E-state index contributed by atoms with van der Waals surface area (Å²) in [6.45, 7) is 6.85. The van der Waals surface area contributed by atoms with Crippen molar-refractivity contribution >= 4 is 21.7 Å². The Bertz CT molecular complexity index is 919. The van der Waals surface area contributed by atoms with Gasteiger partial charge in [-0.05, 0) is 32.9 Å². The second-order valence-electron chi connectivity index (χ2n) is 6.35. The van der Waals surface area contributed by atoms with Crippen molar-refractivity contribution in [2.45, 2.75) is 25.7 Å². The van der Waals surface area contributed by atoms with Crippen LogP contribution in [0, 0.1) is 6.92 Å². The van der Waals surface area contributed by atoms with Gasteiger partial charge in [-0.1, -0.05) is 0 Å². The average molecular weight is 424 g/mol. The molecule has 1 aromatic heterocycles. The van der Waals surface area contributed by atoms with Crippen molar-refractivity contribution < 1.29 is 17.9 Å². The number of benzene rings is 1. The minimum absolute atomic E-state index is 0.0792. The van der Waals surface area contributed by atoms with Gasteiger partial charge in [0.1, 0.15) is 33.9 Å². The summed E-state index contributed by atoms with van der Waals surface area (Å²) < 4.78 is 38.9. The molecule has 0 atom stereocenters. The second kappa shape index (κ2) is 10.3. The Hall–Kier alpha value is -2.59. The van der Waals surface area contributed by atoms with Gasteiger partial charge in [-0.15, -0.1) is 0 Å². The van der Waals surface area contributed by atoms with Gasteiger partial charge in [0.05, 0.1) is 13.2 Å². The van der Waals surface area contributed by atoms with E-state index < -0.39 is 10.0 Å². The fourth-order valence-corrected chi connectivity index (χ4v) is 3.72. The molecule has 2 aromatic rings. The van der Waals surface area contributed by atoms with E-state index in [0.29, 0.717) is 37.2 Å². The Kier molecular flexibility index (Phi) is 8.03. The smallest absolute Gasteiger partial charge is 0.244 e. The second-order valence-corrected chi connectivity index (χ2v) is 8.09. The van der Waals surface area contributed by atoms with Crippen molar-refractivity contribution in [2.24, 2.45) is 0 Å². The lowest BCUT2D eigenvalue weighted by atomic mass is 10.3. The molecule has 0 aliphatic rings. The molecule has 2 N–H and O–H groups in total. The predicted molar refractivity (Wildman–Crippen MR) is 114 cm³/mol. The molecule has 0 fully saturated rings. The van der Waals surface area contributed by atoms with Crippen LogP contribution in [-0.2, 0) is 10.0 Å². The number of nitrogens with zero attached hydrogens (tertiary/aromatic N) is 3. The number of sulfonamides is 1. The average Bonchev–Trinajstić information content (AvgIpc) is 2.65. The Morgan fingerprint density at radius 1 is 1.03 bits per heavy atom. The lowest BCUT2D eigenvalue weighted by Crippen LogP contribution is -2.29. The highest BCUT2D eigenvalue weighted by Gasteiger charge is 2.20. The van der Waals surface area contributed by atoms with Crippen LogP contribution in [0.4, 0.5) is 11.6 Å². The number of nitrogens with one attached hydrogen (secondary N) is 2. The number of aryl methyl sites for hydroxylation is 1. The first-order valence-electron chi connectivity index (χ1n) is 9.43. The monoisotopic (exact) mass is 423 g/mol. The van der Waals surface area contributed by atoms with Gasteiger partial charge in [0.2, 0.25) is 10.0 Å². The summed E-state index contributed by atoms with van der Waals surface area (Å²) in [5, 5.41) is 3.11. The molecule has 1 aromatic carbocycles. The molecule has 0 radical (unpaired) electrons. The summed E-state index contributed by atoms with van der Waals surface area (Å²) in [6, 6.07) is 6.50. The van der Waals surface area contributed by atoms with Crippen molar-refractivity contribution in [1.29, 1.82) is 0 Å². The first-order chi connectivity index (χ1) is 13.8. The Morgan fingerprint density at radius 2 is 1.76 bits per heavy atom. The quantitative estimate of drug-likeness (QED) is 0.529. The van der Waals surface area contributed by atoms with Gasteiger partial charge < -0.3 is 19.7 Å². The maximum Gasteiger partial charge on any atom is 0.244 e. The van der Waals surface area contributed by atoms with E-state index in [9.17, 15) is 8.42 Å². The fraction of sp³-hybridized carbons (Fsp3) is 0.474. The fourth-order valence-electron chi connectivity index (χ4n) is 2.56. The topological polar surface area (TPSA) is 106 Å². The molecule has 0 amide bonds. The Morgan fingerprint density at radius 3 is 2.41 bits per heavy atom. The Balaban J connectivity index is 2.03. The molecule has 0 aliphatic heterocycles. The predicted octanol–water partition coefficient (Wildman–Crippen LogP) is 2.04. The van der Waals surface area contributed by atoms with Crippen molar-refractivity contribution in [1.82, 2.24) is 14.7 Å². The number of hydrogen-bond donors (Lipinski definition) is 2. The summed E-state index contributed by atoms with van der Waals surface area (Å²) in [5.74, 6) is 2.87. The van der Waals surface area contributed by atoms with Crippen LogP contribution in [0.5, 0.6) is 11.5 Å². The number of hydrogen-bond acceptors (Lipinski definition) is 8. The molecule has 2 rings (SSSR count). The summed E-state index contributed by atoms with van der Waals surface area (Å²) in [5.41, 5.74) is 0. The van der Waals surface area contributed by atoms with Gasteiger partial charge in [0.25, 0.3) is 0 Å². The van der Waals surface area contributed by atoms with E-state index in [4.69, 9.17) is 9.47 Å². The normalized spacial score (nSPS) is 11.2. The SMILES string of the molecule is CCOc1ccc(S(=O)(=O)NCCNc2cc(N(C)C)nc(C)n2)c(OCC)c1. The van der Waals surface area contributed by atoms with Gasteiger partial charge >= 0.3 is 0 Å². The van der Waals surface area contributed by atoms with Crippen LogP contribution < -0.4 is 24.4 Å². The maximum absolute atomic E-state index is 12.7. The molecule has 10 heteroatoms. The molecular formula is C19H29N5O4S. The van der Waals surface area contributed by atoms with Gasteiger partial charge in [-0.3, -0.25) is 0 Å². The van der Waals surface area contributed by atoms with Crippen LogP contribution in [0.2, 0.25) is 0 Å². The number of rotatable bonds is 11. The summed E-state index contributed by atoms with van der Waals surface area (Å²) in [4.78, 5) is 10.6. The molecule has 0 spiro atoms. The van der Waals surface area contributed by atoms with Crippen LogP contribution in [0.1, 0.15) is 19.7 Å². The zero-order chi connectivity index (χ0) is 21.4. The van der Waals surface area contributed by atoms with E-state index in [-0.39, 0.29) is 17.2 Å². The Labute approximate surface area is 172 Å². The first kappa shape index (κ1) is 22.7. The molecule has 9 nitrogen and oxygen atoms in total. The van der Waals surface area contributed by atoms with E-state index in [1.54, 1.807) is 25.1 Å². The zero-order valence-electron chi connectivity index (χ0n) is 17.5. The zero-order valence-corrected chi connectivity index (χ0v) is 18.3. The summed E-state index contributed by atoms with van der Waals surface area (Å²) in [6.07, 6.45) is 0. The van der Waals surface area contributed by atoms with E-state index in [1.165, 1.54) is 6.07 Å². The van der Waals surface area contributed by atoms with Crippen LogP contribution in [0.25, 0.3) is 0 Å². The third-order valence-corrected chi connectivity index (χ3v) is 5.32. The molecule has 0 saturated carbocycles. The molecule has 0 unspecified atom stereocenters. The summed E-state index contributed by atoms with van der Waals surface area (Å²) >= 11 is 0. The van der Waals surface area contributed by atoms with Gasteiger partial charge in [0, 0.05) is 39.3 Å². The molecule has 0 saturated heterocycles. The van der Waals surface area contributed by atoms with Crippen molar-refractivity contribution in [3.63, 3.8) is 0 Å². The van der Waals surface area contributed by atoms with E-state index in [0.717, 1.165) is 5.82 Å². The number of ether oxygens (including phenoxy) is 2. The third kappa shape index (κ3) is 6.47. The molecule has 0 bridgehead atoms. The van der Waals surface area contributed by atoms with Crippen molar-refractivity contribution in [2.75, 3.05) is 50.6 Å². The molecular weight excluding hydrogens is 394 g/mol. The highest BCUT2D eigenvalue weighted by molar-refractivity contribution is 7.89. The van der Waals surface area contributed by atoms with E-state index in [2.05, 4.69) is 20.0 Å². The first-order valence-corrected chi connectivity index (χ1v) is 10.9. The minimum atomic E-state index is -3.74. The van der Waals surface area contributed by atoms with Crippen LogP contribution >= 0.6 is 0 Å². The lowest BCUT2D eigenvalue weighted by molar-refractivity contribution is 0.317. The van der Waals surface area contributed by atoms with Gasteiger partial charge in [0.15, 0.2) is 0 Å². The highest BCUT2D eigenvalue weighted by Crippen LogP contribution is 2.28. The molecule has 29 heavy (non-hydrogen) atoms. The van der Waals surface area contributed by atoms with Crippen LogP contribution in [0.15, 0.2) is 29.2 Å². The number of anilines is 2. The molecule has 160 valence electrons. The van der Waals surface area contributed by atoms with Crippen molar-refractivity contribution in [3.8, 4) is 11.5 Å². The third-order valence-electron chi connectivity index (χ3n) is 3.82. The minimum Gasteiger partial charge on any atom is -0.494 e. The lowest BCUT2D eigenvalue weighted by Gasteiger charge is -2.15. The highest BCUT2D eigenvalue weighted by atomic mass is 32.2. The van der Waals surface area contributed by atoms with E-state index >= 15 is 0 Å². The molecule has 0 aliphatic carbocycles. The maximum atomic E-state index is 12.7. The van der Waals surface area contributed by atoms with Crippen LogP contribution in [-0.4, -0.2) is 58.8 Å². The van der Waals surface area contributed by atoms with Gasteiger partial charge in [-0.2, -0.15) is 0 Å². The largest absolute Gasteiger partial charge is 0.494 e. The molecule has 1 heterocycles. The summed E-state index contributed by atoms with van der Waals surface area (Å²) in [7, 11) is 0.0500. The van der Waals surface area contributed by atoms with Gasteiger partial charge in [-0.25, -0.2) is 23.1 Å². The standard InChI is InChI=1S/C19H29N5O4S/c1-6-27-15-8-9-17(16(12-15)28-7-2)29(25,26)21-11-10-20-18-13-19(24(4)5)23-14(3)22-18/h8-9,12-13,21H,6-7,10-11H2,1-5H3,(H,20,22,23). The van der Waals surface area contributed by atoms with E-state index in [1.807, 2.05) is 32.8 Å².